The molecule has 5 heteroatoms. The molecule has 4 nitrogen and oxygen atoms in total. The van der Waals surface area contributed by atoms with E-state index in [4.69, 9.17) is 9.47 Å². The summed E-state index contributed by atoms with van der Waals surface area (Å²) in [6, 6.07) is 9.68. The van der Waals surface area contributed by atoms with E-state index in [2.05, 4.69) is 12.1 Å². The standard InChI is InChI=1S/C19H28FNO3/c1-15(22)21(2)17(12-20)14-24-19-10-8-18(9-11-19)23-13-16-6-4-3-5-7-16/h3-7,17-19H,8-14H2,1-2H3/t17-,18-,19-/m0/s1. The number of amides is 1. The minimum atomic E-state index is -0.578. The van der Waals surface area contributed by atoms with E-state index >= 15 is 0 Å². The van der Waals surface area contributed by atoms with E-state index in [1.807, 2.05) is 18.2 Å². The molecule has 0 unspecified atom stereocenters. The van der Waals surface area contributed by atoms with Crippen molar-refractivity contribution < 1.29 is 18.7 Å². The van der Waals surface area contributed by atoms with Gasteiger partial charge in [-0.25, -0.2) is 4.39 Å². The van der Waals surface area contributed by atoms with Gasteiger partial charge < -0.3 is 14.4 Å². The predicted octanol–water partition coefficient (Wildman–Crippen LogP) is 3.35. The van der Waals surface area contributed by atoms with E-state index in [-0.39, 0.29) is 24.7 Å². The lowest BCUT2D eigenvalue weighted by molar-refractivity contribution is -0.132. The Morgan fingerprint density at radius 1 is 1.17 bits per heavy atom. The summed E-state index contributed by atoms with van der Waals surface area (Å²) in [5, 5.41) is 0. The first-order valence-electron chi connectivity index (χ1n) is 8.66. The summed E-state index contributed by atoms with van der Waals surface area (Å²) >= 11 is 0. The van der Waals surface area contributed by atoms with Gasteiger partial charge in [0.2, 0.25) is 5.91 Å². The first kappa shape index (κ1) is 18.9. The molecule has 0 heterocycles. The van der Waals surface area contributed by atoms with Gasteiger partial charge in [0.15, 0.2) is 0 Å². The van der Waals surface area contributed by atoms with Gasteiger partial charge in [-0.3, -0.25) is 4.79 Å². The van der Waals surface area contributed by atoms with Crippen LogP contribution in [0.25, 0.3) is 0 Å². The maximum atomic E-state index is 13.1. The van der Waals surface area contributed by atoms with Gasteiger partial charge in [0.25, 0.3) is 0 Å². The number of hydrogen-bond donors (Lipinski definition) is 0. The van der Waals surface area contributed by atoms with Gasteiger partial charge in [-0.15, -0.1) is 0 Å². The number of carbonyl (C=O) groups excluding carboxylic acids is 1. The van der Waals surface area contributed by atoms with Crippen molar-refractivity contribution in [2.45, 2.75) is 57.5 Å². The lowest BCUT2D eigenvalue weighted by Gasteiger charge is -2.31. The zero-order valence-electron chi connectivity index (χ0n) is 14.6. The van der Waals surface area contributed by atoms with Crippen LogP contribution in [0.15, 0.2) is 30.3 Å². The Morgan fingerprint density at radius 3 is 2.29 bits per heavy atom. The fraction of sp³-hybridized carbons (Fsp3) is 0.632. The molecule has 0 spiro atoms. The van der Waals surface area contributed by atoms with Crippen molar-refractivity contribution in [3.8, 4) is 0 Å². The molecule has 1 amide bonds. The molecule has 0 aliphatic heterocycles. The Labute approximate surface area is 143 Å². The summed E-state index contributed by atoms with van der Waals surface area (Å²) in [5.41, 5.74) is 1.19. The van der Waals surface area contributed by atoms with Crippen molar-refractivity contribution in [2.24, 2.45) is 0 Å². The average Bonchev–Trinajstić information content (AvgIpc) is 2.62. The fourth-order valence-corrected chi connectivity index (χ4v) is 2.92. The third-order valence-corrected chi connectivity index (χ3v) is 4.70. The zero-order valence-corrected chi connectivity index (χ0v) is 14.6. The van der Waals surface area contributed by atoms with Crippen LogP contribution in [0.2, 0.25) is 0 Å². The molecule has 0 saturated heterocycles. The average molecular weight is 337 g/mol. The number of nitrogens with zero attached hydrogens (tertiary/aromatic N) is 1. The maximum Gasteiger partial charge on any atom is 0.219 e. The van der Waals surface area contributed by atoms with Crippen LogP contribution in [-0.2, 0) is 20.9 Å². The molecule has 1 saturated carbocycles. The van der Waals surface area contributed by atoms with Crippen LogP contribution in [0.3, 0.4) is 0 Å². The molecule has 1 aromatic rings. The van der Waals surface area contributed by atoms with Crippen molar-refractivity contribution in [2.75, 3.05) is 20.3 Å². The molecule has 1 aliphatic carbocycles. The molecule has 2 rings (SSSR count). The van der Waals surface area contributed by atoms with E-state index in [1.165, 1.54) is 17.4 Å². The molecule has 0 aromatic heterocycles. The second kappa shape index (κ2) is 9.74. The third-order valence-electron chi connectivity index (χ3n) is 4.70. The van der Waals surface area contributed by atoms with E-state index in [0.717, 1.165) is 25.7 Å². The third kappa shape index (κ3) is 5.87. The minimum absolute atomic E-state index is 0.135. The number of benzene rings is 1. The number of hydrogen-bond acceptors (Lipinski definition) is 3. The predicted molar refractivity (Wildman–Crippen MR) is 91.4 cm³/mol. The van der Waals surface area contributed by atoms with Crippen molar-refractivity contribution in [1.82, 2.24) is 4.90 Å². The number of carbonyl (C=O) groups is 1. The summed E-state index contributed by atoms with van der Waals surface area (Å²) in [5.74, 6) is -0.140. The quantitative estimate of drug-likeness (QED) is 0.730. The van der Waals surface area contributed by atoms with E-state index in [1.54, 1.807) is 7.05 Å². The van der Waals surface area contributed by atoms with Gasteiger partial charge in [-0.2, -0.15) is 0 Å². The van der Waals surface area contributed by atoms with Gasteiger partial charge in [-0.1, -0.05) is 30.3 Å². The molecule has 0 N–H and O–H groups in total. The lowest BCUT2D eigenvalue weighted by atomic mass is 9.95. The number of likely N-dealkylation sites (N-methyl/N-ethyl adjacent to an activating group) is 1. The van der Waals surface area contributed by atoms with Gasteiger partial charge in [0, 0.05) is 14.0 Å². The SMILES string of the molecule is CC(=O)N(C)[C@@H](CF)CO[C@H]1CC[C@H](OCc2ccccc2)CC1. The fourth-order valence-electron chi connectivity index (χ4n) is 2.92. The van der Waals surface area contributed by atoms with Gasteiger partial charge >= 0.3 is 0 Å². The molecular weight excluding hydrogens is 309 g/mol. The Hall–Kier alpha value is -1.46. The Morgan fingerprint density at radius 2 is 1.75 bits per heavy atom. The van der Waals surface area contributed by atoms with Crippen LogP contribution >= 0.6 is 0 Å². The van der Waals surface area contributed by atoms with Crippen molar-refractivity contribution >= 4 is 5.91 Å². The first-order chi connectivity index (χ1) is 11.6. The second-order valence-corrected chi connectivity index (χ2v) is 6.47. The highest BCUT2D eigenvalue weighted by Crippen LogP contribution is 2.24. The maximum absolute atomic E-state index is 13.1. The highest BCUT2D eigenvalue weighted by molar-refractivity contribution is 5.73. The van der Waals surface area contributed by atoms with Gasteiger partial charge in [-0.05, 0) is 31.2 Å². The number of ether oxygens (including phenoxy) is 2. The summed E-state index contributed by atoms with van der Waals surface area (Å²) in [6.45, 7) is 1.76. The highest BCUT2D eigenvalue weighted by atomic mass is 19.1. The molecule has 1 atom stereocenters. The summed E-state index contributed by atoms with van der Waals surface area (Å²) in [7, 11) is 1.62. The van der Waals surface area contributed by atoms with E-state index < -0.39 is 12.7 Å². The van der Waals surface area contributed by atoms with Gasteiger partial charge in [0.1, 0.15) is 6.67 Å². The molecule has 1 aromatic carbocycles. The monoisotopic (exact) mass is 337 g/mol. The highest BCUT2D eigenvalue weighted by Gasteiger charge is 2.24. The molecule has 134 valence electrons. The first-order valence-corrected chi connectivity index (χ1v) is 8.66. The van der Waals surface area contributed by atoms with Crippen LogP contribution in [0.5, 0.6) is 0 Å². The zero-order chi connectivity index (χ0) is 17.4. The number of alkyl halides is 1. The van der Waals surface area contributed by atoms with Crippen molar-refractivity contribution in [3.63, 3.8) is 0 Å². The molecule has 1 aliphatic rings. The second-order valence-electron chi connectivity index (χ2n) is 6.47. The number of halogens is 1. The molecule has 1 fully saturated rings. The Bertz CT molecular complexity index is 489. The lowest BCUT2D eigenvalue weighted by Crippen LogP contribution is -2.41. The number of rotatable bonds is 8. The normalized spacial score (nSPS) is 22.1. The van der Waals surface area contributed by atoms with Crippen LogP contribution in [-0.4, -0.2) is 49.4 Å². The van der Waals surface area contributed by atoms with Crippen LogP contribution < -0.4 is 0 Å². The topological polar surface area (TPSA) is 38.8 Å². The molecule has 24 heavy (non-hydrogen) atoms. The van der Waals surface area contributed by atoms with Crippen LogP contribution in [0, 0.1) is 0 Å². The largest absolute Gasteiger partial charge is 0.376 e. The Balaban J connectivity index is 1.66. The van der Waals surface area contributed by atoms with E-state index in [9.17, 15) is 9.18 Å². The summed E-state index contributed by atoms with van der Waals surface area (Å²) in [6.07, 6.45) is 4.16. The van der Waals surface area contributed by atoms with Crippen LogP contribution in [0.1, 0.15) is 38.2 Å². The summed E-state index contributed by atoms with van der Waals surface area (Å²) in [4.78, 5) is 12.7. The minimum Gasteiger partial charge on any atom is -0.376 e. The van der Waals surface area contributed by atoms with Crippen molar-refractivity contribution in [1.29, 1.82) is 0 Å². The molecular formula is C19H28FNO3. The van der Waals surface area contributed by atoms with Crippen LogP contribution in [0.4, 0.5) is 4.39 Å². The van der Waals surface area contributed by atoms with Gasteiger partial charge in [0.05, 0.1) is 31.5 Å². The molecule has 0 radical (unpaired) electrons. The van der Waals surface area contributed by atoms with Crippen molar-refractivity contribution in [3.05, 3.63) is 35.9 Å². The van der Waals surface area contributed by atoms with E-state index in [0.29, 0.717) is 6.61 Å². The molecule has 0 bridgehead atoms. The Kier molecular flexibility index (Phi) is 7.66. The smallest absolute Gasteiger partial charge is 0.219 e. The summed E-state index contributed by atoms with van der Waals surface area (Å²) < 4.78 is 24.8.